The molecule has 0 saturated heterocycles. The summed E-state index contributed by atoms with van der Waals surface area (Å²) in [5.41, 5.74) is 7.38. The maximum atomic E-state index is 12.4. The molecule has 1 aromatic carbocycles. The number of halogens is 1. The molecule has 0 amide bonds. The number of nitrogen functional groups attached to an aromatic ring is 1. The fourth-order valence-electron chi connectivity index (χ4n) is 2.61. The van der Waals surface area contributed by atoms with Crippen LogP contribution in [0.4, 0.5) is 5.82 Å². The number of hydrogen-bond donors (Lipinski definition) is 1. The molecule has 2 heterocycles. The van der Waals surface area contributed by atoms with Gasteiger partial charge in [0.15, 0.2) is 11.6 Å². The van der Waals surface area contributed by atoms with Gasteiger partial charge in [-0.15, -0.1) is 0 Å². The lowest BCUT2D eigenvalue weighted by atomic mass is 10.1. The zero-order valence-corrected chi connectivity index (χ0v) is 15.1. The highest BCUT2D eigenvalue weighted by Gasteiger charge is 2.22. The number of fused-ring (bicyclic) bond motifs is 1. The molecule has 0 aliphatic heterocycles. The number of Topliss-reactive ketones (excluding diaryl/α,β-unsaturated/α-hetero) is 1. The molecule has 0 saturated carbocycles. The van der Waals surface area contributed by atoms with E-state index in [-0.39, 0.29) is 11.8 Å². The molecule has 0 unspecified atom stereocenters. The van der Waals surface area contributed by atoms with E-state index in [2.05, 4.69) is 25.9 Å². The van der Waals surface area contributed by atoms with Crippen LogP contribution in [0.15, 0.2) is 47.3 Å². The topological polar surface area (TPSA) is 76.5 Å². The SMILES string of the molecule is C[C@@H](c1nc(Br)c2c(N)nccn12)N(C)CC(=O)c1ccccc1. The van der Waals surface area contributed by atoms with Gasteiger partial charge in [0, 0.05) is 18.0 Å². The number of carbonyl (C=O) groups excluding carboxylic acids is 1. The quantitative estimate of drug-likeness (QED) is 0.681. The van der Waals surface area contributed by atoms with Crippen LogP contribution < -0.4 is 5.73 Å². The number of rotatable bonds is 5. The van der Waals surface area contributed by atoms with Crippen molar-refractivity contribution in [2.24, 2.45) is 0 Å². The second-order valence-electron chi connectivity index (χ2n) is 5.67. The number of hydrogen-bond acceptors (Lipinski definition) is 5. The summed E-state index contributed by atoms with van der Waals surface area (Å²) in [5.74, 6) is 1.29. The van der Waals surface area contributed by atoms with Gasteiger partial charge in [-0.05, 0) is 29.9 Å². The monoisotopic (exact) mass is 387 g/mol. The van der Waals surface area contributed by atoms with Crippen LogP contribution in [0, 0.1) is 0 Å². The first kappa shape index (κ1) is 16.6. The summed E-state index contributed by atoms with van der Waals surface area (Å²) in [6.07, 6.45) is 3.46. The van der Waals surface area contributed by atoms with Crippen LogP contribution in [-0.2, 0) is 0 Å². The molecule has 0 aliphatic carbocycles. The Kier molecular flexibility index (Phi) is 4.64. The lowest BCUT2D eigenvalue weighted by molar-refractivity contribution is 0.0922. The average molecular weight is 388 g/mol. The fraction of sp³-hybridized carbons (Fsp3) is 0.235. The summed E-state index contributed by atoms with van der Waals surface area (Å²) in [5, 5.41) is 0. The van der Waals surface area contributed by atoms with E-state index in [1.807, 2.05) is 59.8 Å². The molecule has 0 fully saturated rings. The summed E-state index contributed by atoms with van der Waals surface area (Å²) in [6.45, 7) is 2.31. The van der Waals surface area contributed by atoms with Gasteiger partial charge in [0.05, 0.1) is 12.6 Å². The third kappa shape index (κ3) is 3.05. The van der Waals surface area contributed by atoms with Crippen LogP contribution in [0.25, 0.3) is 5.52 Å². The molecule has 0 radical (unpaired) electrons. The van der Waals surface area contributed by atoms with Crippen LogP contribution >= 0.6 is 15.9 Å². The minimum atomic E-state index is -0.0711. The molecule has 6 nitrogen and oxygen atoms in total. The number of benzene rings is 1. The number of imidazole rings is 1. The largest absolute Gasteiger partial charge is 0.382 e. The molecule has 124 valence electrons. The van der Waals surface area contributed by atoms with Crippen LogP contribution in [0.1, 0.15) is 29.1 Å². The minimum Gasteiger partial charge on any atom is -0.382 e. The predicted molar refractivity (Wildman–Crippen MR) is 96.9 cm³/mol. The maximum absolute atomic E-state index is 12.4. The van der Waals surface area contributed by atoms with Crippen molar-refractivity contribution in [3.63, 3.8) is 0 Å². The third-order valence-corrected chi connectivity index (χ3v) is 4.64. The Hall–Kier alpha value is -2.25. The van der Waals surface area contributed by atoms with E-state index in [1.165, 1.54) is 0 Å². The van der Waals surface area contributed by atoms with Gasteiger partial charge >= 0.3 is 0 Å². The van der Waals surface area contributed by atoms with Crippen molar-refractivity contribution in [3.8, 4) is 0 Å². The van der Waals surface area contributed by atoms with Crippen LogP contribution in [-0.4, -0.2) is 38.6 Å². The molecule has 7 heteroatoms. The molecule has 2 aromatic heterocycles. The number of nitrogens with zero attached hydrogens (tertiary/aromatic N) is 4. The zero-order chi connectivity index (χ0) is 17.3. The Labute approximate surface area is 148 Å². The fourth-order valence-corrected chi connectivity index (χ4v) is 3.19. The van der Waals surface area contributed by atoms with E-state index in [4.69, 9.17) is 5.73 Å². The first-order valence-electron chi connectivity index (χ1n) is 7.55. The molecule has 3 aromatic rings. The van der Waals surface area contributed by atoms with Crippen molar-refractivity contribution in [2.45, 2.75) is 13.0 Å². The smallest absolute Gasteiger partial charge is 0.176 e. The van der Waals surface area contributed by atoms with Crippen molar-refractivity contribution in [3.05, 3.63) is 58.7 Å². The molecule has 3 rings (SSSR count). The van der Waals surface area contributed by atoms with E-state index in [0.717, 1.165) is 11.3 Å². The number of nitrogens with two attached hydrogens (primary N) is 1. The van der Waals surface area contributed by atoms with Crippen LogP contribution in [0.5, 0.6) is 0 Å². The molecular weight excluding hydrogens is 370 g/mol. The lowest BCUT2D eigenvalue weighted by Crippen LogP contribution is -2.30. The van der Waals surface area contributed by atoms with E-state index in [1.54, 1.807) is 6.20 Å². The number of anilines is 1. The number of carbonyl (C=O) groups is 1. The standard InChI is InChI=1S/C17H18BrN5O/c1-11(22(2)10-13(24)12-6-4-3-5-7-12)17-21-15(18)14-16(19)20-8-9-23(14)17/h3-9,11H,10H2,1-2H3,(H2,19,20)/t11-/m0/s1. The predicted octanol–water partition coefficient (Wildman–Crippen LogP) is 2.95. The van der Waals surface area contributed by atoms with Gasteiger partial charge in [0.1, 0.15) is 15.9 Å². The number of ketones is 1. The Morgan fingerprint density at radius 3 is 2.79 bits per heavy atom. The van der Waals surface area contributed by atoms with Crippen molar-refractivity contribution >= 4 is 33.0 Å². The van der Waals surface area contributed by atoms with Gasteiger partial charge < -0.3 is 5.73 Å². The van der Waals surface area contributed by atoms with Crippen molar-refractivity contribution < 1.29 is 4.79 Å². The highest BCUT2D eigenvalue weighted by molar-refractivity contribution is 9.10. The Balaban J connectivity index is 1.85. The highest BCUT2D eigenvalue weighted by Crippen LogP contribution is 2.27. The zero-order valence-electron chi connectivity index (χ0n) is 13.5. The van der Waals surface area contributed by atoms with Crippen LogP contribution in [0.2, 0.25) is 0 Å². The third-order valence-electron chi connectivity index (χ3n) is 4.09. The van der Waals surface area contributed by atoms with Crippen molar-refractivity contribution in [2.75, 3.05) is 19.3 Å². The first-order valence-corrected chi connectivity index (χ1v) is 8.34. The molecule has 0 aliphatic rings. The Morgan fingerprint density at radius 1 is 1.38 bits per heavy atom. The van der Waals surface area contributed by atoms with Gasteiger partial charge in [-0.2, -0.15) is 0 Å². The summed E-state index contributed by atoms with van der Waals surface area (Å²) in [7, 11) is 1.91. The van der Waals surface area contributed by atoms with Gasteiger partial charge in [0.25, 0.3) is 0 Å². The van der Waals surface area contributed by atoms with Gasteiger partial charge in [0.2, 0.25) is 0 Å². The molecule has 24 heavy (non-hydrogen) atoms. The summed E-state index contributed by atoms with van der Waals surface area (Å²) in [4.78, 5) is 23.0. The van der Waals surface area contributed by atoms with Crippen molar-refractivity contribution in [1.29, 1.82) is 0 Å². The normalized spacial score (nSPS) is 12.7. The summed E-state index contributed by atoms with van der Waals surface area (Å²) in [6, 6.07) is 9.22. The lowest BCUT2D eigenvalue weighted by Gasteiger charge is -2.23. The Morgan fingerprint density at radius 2 is 2.08 bits per heavy atom. The van der Waals surface area contributed by atoms with Crippen LogP contribution in [0.3, 0.4) is 0 Å². The molecule has 2 N–H and O–H groups in total. The van der Waals surface area contributed by atoms with E-state index in [9.17, 15) is 4.79 Å². The van der Waals surface area contributed by atoms with E-state index >= 15 is 0 Å². The van der Waals surface area contributed by atoms with E-state index < -0.39 is 0 Å². The summed E-state index contributed by atoms with van der Waals surface area (Å²) >= 11 is 3.44. The van der Waals surface area contributed by atoms with Crippen molar-refractivity contribution in [1.82, 2.24) is 19.3 Å². The maximum Gasteiger partial charge on any atom is 0.176 e. The molecule has 1 atom stereocenters. The average Bonchev–Trinajstić information content (AvgIpc) is 2.93. The van der Waals surface area contributed by atoms with Gasteiger partial charge in [-0.25, -0.2) is 9.97 Å². The van der Waals surface area contributed by atoms with E-state index in [0.29, 0.717) is 22.5 Å². The number of aromatic nitrogens is 3. The second-order valence-corrected chi connectivity index (χ2v) is 6.42. The first-order chi connectivity index (χ1) is 11.5. The highest BCUT2D eigenvalue weighted by atomic mass is 79.9. The molecule has 0 bridgehead atoms. The second kappa shape index (κ2) is 6.70. The van der Waals surface area contributed by atoms with Gasteiger partial charge in [-0.3, -0.25) is 14.1 Å². The van der Waals surface area contributed by atoms with Gasteiger partial charge in [-0.1, -0.05) is 30.3 Å². The summed E-state index contributed by atoms with van der Waals surface area (Å²) < 4.78 is 2.55. The molecular formula is C17H18BrN5O. The number of likely N-dealkylation sites (N-methyl/N-ethyl adjacent to an activating group) is 1. The molecule has 0 spiro atoms. The Bertz CT molecular complexity index is 877. The minimum absolute atomic E-state index is 0.0711.